The van der Waals surface area contributed by atoms with Crippen LogP contribution in [0.25, 0.3) is 16.9 Å². The van der Waals surface area contributed by atoms with Crippen molar-refractivity contribution in [3.05, 3.63) is 75.9 Å². The van der Waals surface area contributed by atoms with E-state index in [9.17, 15) is 4.79 Å². The molecular formula is C21H17BrClN5O. The fourth-order valence-electron chi connectivity index (χ4n) is 2.97. The Morgan fingerprint density at radius 2 is 1.93 bits per heavy atom. The van der Waals surface area contributed by atoms with E-state index < -0.39 is 0 Å². The molecular weight excluding hydrogens is 454 g/mol. The first-order valence-electron chi connectivity index (χ1n) is 8.91. The summed E-state index contributed by atoms with van der Waals surface area (Å²) >= 11 is 9.88. The molecule has 0 bridgehead atoms. The number of aromatic nitrogens is 3. The normalized spacial score (nSPS) is 10.9. The number of nitrogens with zero attached hydrogens (tertiary/aromatic N) is 3. The second-order valence-electron chi connectivity index (χ2n) is 6.47. The minimum absolute atomic E-state index is 0.0913. The van der Waals surface area contributed by atoms with Crippen molar-refractivity contribution >= 4 is 50.6 Å². The van der Waals surface area contributed by atoms with Crippen LogP contribution in [0.2, 0.25) is 5.02 Å². The number of carbonyl (C=O) groups excluding carboxylic acids is 1. The molecule has 8 heteroatoms. The third-order valence-corrected chi connectivity index (χ3v) is 5.22. The van der Waals surface area contributed by atoms with Gasteiger partial charge in [-0.05, 0) is 39.7 Å². The zero-order valence-corrected chi connectivity index (χ0v) is 17.8. The van der Waals surface area contributed by atoms with Crippen molar-refractivity contribution < 1.29 is 4.79 Å². The smallest absolute Gasteiger partial charge is 0.221 e. The van der Waals surface area contributed by atoms with Gasteiger partial charge >= 0.3 is 0 Å². The van der Waals surface area contributed by atoms with E-state index in [1.54, 1.807) is 10.7 Å². The highest BCUT2D eigenvalue weighted by molar-refractivity contribution is 9.10. The summed E-state index contributed by atoms with van der Waals surface area (Å²) in [5, 5.41) is 11.2. The minimum Gasteiger partial charge on any atom is -0.366 e. The standard InChI is InChI=1S/C21H17BrClN5O/c1-13(29)26-15-8-6-14(7-9-15)11-24-20-10-19(16-4-2-3-5-18(16)23)27-21-17(22)12-25-28(20)21/h2-10,12,24H,11H2,1H3,(H,26,29). The van der Waals surface area contributed by atoms with Crippen LogP contribution in [0, 0.1) is 0 Å². The Kier molecular flexibility index (Phi) is 5.51. The molecule has 0 aliphatic carbocycles. The molecule has 0 spiro atoms. The molecule has 0 aliphatic rings. The number of halogens is 2. The molecule has 0 saturated heterocycles. The van der Waals surface area contributed by atoms with Crippen LogP contribution in [0.15, 0.2) is 65.3 Å². The molecule has 6 nitrogen and oxygen atoms in total. The van der Waals surface area contributed by atoms with Crippen LogP contribution < -0.4 is 10.6 Å². The fraction of sp³-hybridized carbons (Fsp3) is 0.0952. The van der Waals surface area contributed by atoms with Crippen LogP contribution in [0.5, 0.6) is 0 Å². The first-order chi connectivity index (χ1) is 14.0. The minimum atomic E-state index is -0.0913. The van der Waals surface area contributed by atoms with Gasteiger partial charge in [0.2, 0.25) is 5.91 Å². The Balaban J connectivity index is 1.64. The number of amides is 1. The molecule has 0 atom stereocenters. The summed E-state index contributed by atoms with van der Waals surface area (Å²) in [5.74, 6) is 0.702. The average Bonchev–Trinajstić information content (AvgIpc) is 3.08. The number of hydrogen-bond acceptors (Lipinski definition) is 4. The highest BCUT2D eigenvalue weighted by Crippen LogP contribution is 2.30. The van der Waals surface area contributed by atoms with Crippen molar-refractivity contribution in [1.82, 2.24) is 14.6 Å². The predicted octanol–water partition coefficient (Wildman–Crippen LogP) is 5.38. The lowest BCUT2D eigenvalue weighted by Gasteiger charge is -2.12. The van der Waals surface area contributed by atoms with Gasteiger partial charge < -0.3 is 10.6 Å². The van der Waals surface area contributed by atoms with Gasteiger partial charge in [-0.25, -0.2) is 4.98 Å². The molecule has 0 saturated carbocycles. The van der Waals surface area contributed by atoms with Gasteiger partial charge in [0.25, 0.3) is 0 Å². The topological polar surface area (TPSA) is 71.3 Å². The van der Waals surface area contributed by atoms with Crippen molar-refractivity contribution in [3.8, 4) is 11.3 Å². The van der Waals surface area contributed by atoms with Crippen LogP contribution in [-0.4, -0.2) is 20.5 Å². The molecule has 2 N–H and O–H groups in total. The van der Waals surface area contributed by atoms with E-state index in [4.69, 9.17) is 16.6 Å². The predicted molar refractivity (Wildman–Crippen MR) is 119 cm³/mol. The molecule has 29 heavy (non-hydrogen) atoms. The molecule has 0 radical (unpaired) electrons. The Morgan fingerprint density at radius 1 is 1.17 bits per heavy atom. The van der Waals surface area contributed by atoms with Gasteiger partial charge in [0, 0.05) is 35.8 Å². The van der Waals surface area contributed by atoms with E-state index in [0.717, 1.165) is 32.8 Å². The summed E-state index contributed by atoms with van der Waals surface area (Å²) in [6, 6.07) is 17.2. The number of nitrogens with one attached hydrogen (secondary N) is 2. The average molecular weight is 471 g/mol. The molecule has 146 valence electrons. The van der Waals surface area contributed by atoms with Crippen LogP contribution in [0.1, 0.15) is 12.5 Å². The number of benzene rings is 2. The second kappa shape index (κ2) is 8.23. The van der Waals surface area contributed by atoms with Crippen molar-refractivity contribution in [2.75, 3.05) is 10.6 Å². The van der Waals surface area contributed by atoms with E-state index in [0.29, 0.717) is 17.2 Å². The molecule has 4 aromatic rings. The van der Waals surface area contributed by atoms with Crippen LogP contribution >= 0.6 is 27.5 Å². The molecule has 0 unspecified atom stereocenters. The Bertz CT molecular complexity index is 1190. The Labute approximate surface area is 181 Å². The lowest BCUT2D eigenvalue weighted by molar-refractivity contribution is -0.114. The van der Waals surface area contributed by atoms with E-state index >= 15 is 0 Å². The SMILES string of the molecule is CC(=O)Nc1ccc(CNc2cc(-c3ccccc3Cl)nc3c(Br)cnn23)cc1. The van der Waals surface area contributed by atoms with Crippen LogP contribution in [0.3, 0.4) is 0 Å². The number of carbonyl (C=O) groups is 1. The summed E-state index contributed by atoms with van der Waals surface area (Å²) in [6.07, 6.45) is 1.71. The number of hydrogen-bond donors (Lipinski definition) is 2. The Hall–Kier alpha value is -2.90. The maximum atomic E-state index is 11.2. The molecule has 1 amide bonds. The molecule has 2 aromatic heterocycles. The highest BCUT2D eigenvalue weighted by Gasteiger charge is 2.13. The summed E-state index contributed by atoms with van der Waals surface area (Å²) < 4.78 is 2.55. The van der Waals surface area contributed by atoms with Crippen LogP contribution in [-0.2, 0) is 11.3 Å². The molecule has 4 rings (SSSR count). The fourth-order valence-corrected chi connectivity index (χ4v) is 3.55. The van der Waals surface area contributed by atoms with Crippen molar-refractivity contribution in [1.29, 1.82) is 0 Å². The Morgan fingerprint density at radius 3 is 2.66 bits per heavy atom. The summed E-state index contributed by atoms with van der Waals surface area (Å²) in [6.45, 7) is 2.07. The van der Waals surface area contributed by atoms with Gasteiger partial charge in [-0.2, -0.15) is 9.61 Å². The summed E-state index contributed by atoms with van der Waals surface area (Å²) in [5.41, 5.74) is 4.14. The quantitative estimate of drug-likeness (QED) is 0.411. The summed E-state index contributed by atoms with van der Waals surface area (Å²) in [4.78, 5) is 15.9. The molecule has 2 heterocycles. The van der Waals surface area contributed by atoms with Gasteiger partial charge in [0.1, 0.15) is 5.82 Å². The maximum Gasteiger partial charge on any atom is 0.221 e. The highest BCUT2D eigenvalue weighted by atomic mass is 79.9. The molecule has 0 aliphatic heterocycles. The van der Waals surface area contributed by atoms with Crippen molar-refractivity contribution in [2.45, 2.75) is 13.5 Å². The van der Waals surface area contributed by atoms with Gasteiger partial charge in [-0.1, -0.05) is 41.9 Å². The lowest BCUT2D eigenvalue weighted by Crippen LogP contribution is -2.08. The summed E-state index contributed by atoms with van der Waals surface area (Å²) in [7, 11) is 0. The third-order valence-electron chi connectivity index (χ3n) is 4.33. The van der Waals surface area contributed by atoms with Gasteiger partial charge in [-0.3, -0.25) is 4.79 Å². The molecule has 2 aromatic carbocycles. The van der Waals surface area contributed by atoms with E-state index in [-0.39, 0.29) is 5.91 Å². The van der Waals surface area contributed by atoms with Gasteiger partial charge in [0.05, 0.1) is 16.4 Å². The van der Waals surface area contributed by atoms with Crippen molar-refractivity contribution in [2.24, 2.45) is 0 Å². The van der Waals surface area contributed by atoms with E-state index in [1.165, 1.54) is 6.92 Å². The van der Waals surface area contributed by atoms with Crippen molar-refractivity contribution in [3.63, 3.8) is 0 Å². The zero-order chi connectivity index (χ0) is 20.4. The number of fused-ring (bicyclic) bond motifs is 1. The maximum absolute atomic E-state index is 11.2. The largest absolute Gasteiger partial charge is 0.366 e. The second-order valence-corrected chi connectivity index (χ2v) is 7.73. The monoisotopic (exact) mass is 469 g/mol. The van der Waals surface area contributed by atoms with E-state index in [1.807, 2.05) is 54.6 Å². The van der Waals surface area contributed by atoms with Gasteiger partial charge in [0.15, 0.2) is 5.65 Å². The zero-order valence-electron chi connectivity index (χ0n) is 15.5. The lowest BCUT2D eigenvalue weighted by atomic mass is 10.1. The molecule has 0 fully saturated rings. The number of rotatable bonds is 5. The van der Waals surface area contributed by atoms with E-state index in [2.05, 4.69) is 31.7 Å². The van der Waals surface area contributed by atoms with Gasteiger partial charge in [-0.15, -0.1) is 0 Å². The van der Waals surface area contributed by atoms with Crippen LogP contribution in [0.4, 0.5) is 11.5 Å². The number of anilines is 2. The third kappa shape index (κ3) is 4.26. The first kappa shape index (κ1) is 19.4. The first-order valence-corrected chi connectivity index (χ1v) is 10.1.